The molecule has 0 aromatic heterocycles. The molecule has 1 aliphatic heterocycles. The zero-order valence-corrected chi connectivity index (χ0v) is 22.4. The number of halogens is 1. The van der Waals surface area contributed by atoms with E-state index >= 15 is 0 Å². The highest BCUT2D eigenvalue weighted by molar-refractivity contribution is 9.10. The Balaban J connectivity index is 1.42. The van der Waals surface area contributed by atoms with Gasteiger partial charge in [0.25, 0.3) is 15.9 Å². The number of amides is 2. The lowest BCUT2D eigenvalue weighted by Gasteiger charge is -2.23. The average Bonchev–Trinajstić information content (AvgIpc) is 3.14. The Morgan fingerprint density at radius 1 is 1.00 bits per heavy atom. The van der Waals surface area contributed by atoms with Crippen LogP contribution in [0.15, 0.2) is 88.2 Å². The molecule has 3 aromatic rings. The SMILES string of the molecule is O=C(NS(=O)(=O)c1ccc(Br)cc1)c1ccccc1C[C@H]1COCCN(C(=O)OCc2ccccc2)C1. The molecule has 10 heteroatoms. The van der Waals surface area contributed by atoms with E-state index in [0.29, 0.717) is 38.3 Å². The first-order valence-corrected chi connectivity index (χ1v) is 14.0. The zero-order chi connectivity index (χ0) is 26.3. The van der Waals surface area contributed by atoms with Gasteiger partial charge in [0.15, 0.2) is 0 Å². The van der Waals surface area contributed by atoms with Crippen molar-refractivity contribution in [1.82, 2.24) is 9.62 Å². The van der Waals surface area contributed by atoms with E-state index in [1.165, 1.54) is 12.1 Å². The van der Waals surface area contributed by atoms with Crippen LogP contribution in [0.3, 0.4) is 0 Å². The third kappa shape index (κ3) is 7.41. The number of carbonyl (C=O) groups is 2. The number of carbonyl (C=O) groups excluding carboxylic acids is 2. The van der Waals surface area contributed by atoms with Crippen molar-refractivity contribution >= 4 is 38.0 Å². The van der Waals surface area contributed by atoms with E-state index in [4.69, 9.17) is 9.47 Å². The molecule has 1 N–H and O–H groups in total. The minimum absolute atomic E-state index is 0.0108. The summed E-state index contributed by atoms with van der Waals surface area (Å²) in [6.07, 6.45) is -0.00400. The number of nitrogens with one attached hydrogen (secondary N) is 1. The third-order valence-corrected chi connectivity index (χ3v) is 7.80. The number of hydrogen-bond acceptors (Lipinski definition) is 6. The average molecular weight is 587 g/mol. The van der Waals surface area contributed by atoms with Gasteiger partial charge in [0, 0.05) is 29.0 Å². The lowest BCUT2D eigenvalue weighted by atomic mass is 9.95. The predicted molar refractivity (Wildman–Crippen MR) is 141 cm³/mol. The molecule has 8 nitrogen and oxygen atoms in total. The standard InChI is InChI=1S/C27H27BrN2O6S/c28-23-10-12-24(13-11-23)37(33,34)29-26(31)25-9-5-4-8-22(25)16-21-17-30(14-15-35-18-21)27(32)36-19-20-6-2-1-3-7-20/h1-13,21H,14-19H2,(H,29,31)/t21-/m1/s1. The Bertz CT molecular complexity index is 1330. The van der Waals surface area contributed by atoms with Crippen molar-refractivity contribution in [1.29, 1.82) is 0 Å². The first kappa shape index (κ1) is 26.8. The van der Waals surface area contributed by atoms with Gasteiger partial charge in [-0.15, -0.1) is 0 Å². The van der Waals surface area contributed by atoms with Crippen molar-refractivity contribution in [3.05, 3.63) is 100 Å². The molecule has 0 radical (unpaired) electrons. The molecular formula is C27H27BrN2O6S. The minimum atomic E-state index is -4.04. The molecular weight excluding hydrogens is 560 g/mol. The molecule has 1 heterocycles. The summed E-state index contributed by atoms with van der Waals surface area (Å²) >= 11 is 3.27. The van der Waals surface area contributed by atoms with E-state index < -0.39 is 22.0 Å². The van der Waals surface area contributed by atoms with Gasteiger partial charge in [-0.05, 0) is 47.9 Å². The number of sulfonamides is 1. The van der Waals surface area contributed by atoms with Gasteiger partial charge in [0.05, 0.1) is 18.1 Å². The summed E-state index contributed by atoms with van der Waals surface area (Å²) in [6, 6.07) is 22.3. The van der Waals surface area contributed by atoms with Gasteiger partial charge >= 0.3 is 6.09 Å². The summed E-state index contributed by atoms with van der Waals surface area (Å²) in [5, 5.41) is 0. The number of benzene rings is 3. The number of rotatable bonds is 7. The predicted octanol–water partition coefficient (Wildman–Crippen LogP) is 4.40. The first-order valence-electron chi connectivity index (χ1n) is 11.8. The second-order valence-corrected chi connectivity index (χ2v) is 11.3. The molecule has 2 amide bonds. The van der Waals surface area contributed by atoms with Crippen LogP contribution in [0.5, 0.6) is 0 Å². The Morgan fingerprint density at radius 3 is 2.46 bits per heavy atom. The molecule has 4 rings (SSSR count). The topological polar surface area (TPSA) is 102 Å². The highest BCUT2D eigenvalue weighted by atomic mass is 79.9. The Morgan fingerprint density at radius 2 is 1.70 bits per heavy atom. The van der Waals surface area contributed by atoms with Gasteiger partial charge in [0.2, 0.25) is 0 Å². The summed E-state index contributed by atoms with van der Waals surface area (Å²) in [5.41, 5.74) is 1.82. The van der Waals surface area contributed by atoms with E-state index in [2.05, 4.69) is 20.7 Å². The zero-order valence-electron chi connectivity index (χ0n) is 20.0. The minimum Gasteiger partial charge on any atom is -0.445 e. The van der Waals surface area contributed by atoms with Gasteiger partial charge < -0.3 is 14.4 Å². The van der Waals surface area contributed by atoms with Crippen molar-refractivity contribution < 1.29 is 27.5 Å². The van der Waals surface area contributed by atoms with Crippen LogP contribution in [0.25, 0.3) is 0 Å². The maximum Gasteiger partial charge on any atom is 0.410 e. The van der Waals surface area contributed by atoms with E-state index in [9.17, 15) is 18.0 Å². The van der Waals surface area contributed by atoms with Crippen molar-refractivity contribution in [2.75, 3.05) is 26.3 Å². The van der Waals surface area contributed by atoms with Crippen molar-refractivity contribution in [3.63, 3.8) is 0 Å². The molecule has 1 atom stereocenters. The lowest BCUT2D eigenvalue weighted by molar-refractivity contribution is 0.0914. The van der Waals surface area contributed by atoms with Crippen LogP contribution >= 0.6 is 15.9 Å². The molecule has 37 heavy (non-hydrogen) atoms. The van der Waals surface area contributed by atoms with Gasteiger partial charge in [-0.3, -0.25) is 4.79 Å². The second kappa shape index (κ2) is 12.4. The highest BCUT2D eigenvalue weighted by Crippen LogP contribution is 2.20. The van der Waals surface area contributed by atoms with Crippen molar-refractivity contribution in [2.45, 2.75) is 17.9 Å². The fourth-order valence-electron chi connectivity index (χ4n) is 4.06. The number of nitrogens with zero attached hydrogens (tertiary/aromatic N) is 1. The van der Waals surface area contributed by atoms with Crippen LogP contribution in [0.1, 0.15) is 21.5 Å². The van der Waals surface area contributed by atoms with Gasteiger partial charge in [0.1, 0.15) is 6.61 Å². The van der Waals surface area contributed by atoms with Crippen LogP contribution in [0, 0.1) is 5.92 Å². The summed E-state index contributed by atoms with van der Waals surface area (Å²) in [7, 11) is -4.04. The summed E-state index contributed by atoms with van der Waals surface area (Å²) < 4.78 is 39.6. The van der Waals surface area contributed by atoms with Gasteiger partial charge in [-0.25, -0.2) is 17.9 Å². The van der Waals surface area contributed by atoms with Gasteiger partial charge in [-0.2, -0.15) is 0 Å². The Labute approximate surface area is 224 Å². The highest BCUT2D eigenvalue weighted by Gasteiger charge is 2.26. The molecule has 0 aliphatic carbocycles. The second-order valence-electron chi connectivity index (χ2n) is 8.68. The molecule has 0 unspecified atom stereocenters. The smallest absolute Gasteiger partial charge is 0.410 e. The van der Waals surface area contributed by atoms with Gasteiger partial charge in [-0.1, -0.05) is 64.5 Å². The number of hydrogen-bond donors (Lipinski definition) is 1. The van der Waals surface area contributed by atoms with Crippen molar-refractivity contribution in [3.8, 4) is 0 Å². The quantitative estimate of drug-likeness (QED) is 0.440. The summed E-state index contributed by atoms with van der Waals surface area (Å²) in [4.78, 5) is 27.3. The lowest BCUT2D eigenvalue weighted by Crippen LogP contribution is -2.37. The first-order chi connectivity index (χ1) is 17.8. The Kier molecular flexibility index (Phi) is 8.96. The van der Waals surface area contributed by atoms with Crippen LogP contribution in [0.4, 0.5) is 4.79 Å². The molecule has 194 valence electrons. The van der Waals surface area contributed by atoms with Crippen LogP contribution in [-0.4, -0.2) is 51.6 Å². The Hall–Kier alpha value is -3.21. The maximum atomic E-state index is 13.0. The summed E-state index contributed by atoms with van der Waals surface area (Å²) in [6.45, 7) is 1.75. The van der Waals surface area contributed by atoms with E-state index in [0.717, 1.165) is 10.0 Å². The fourth-order valence-corrected chi connectivity index (χ4v) is 5.29. The number of ether oxygens (including phenoxy) is 2. The molecule has 1 fully saturated rings. The maximum absolute atomic E-state index is 13.0. The van der Waals surface area contributed by atoms with Crippen LogP contribution in [0.2, 0.25) is 0 Å². The van der Waals surface area contributed by atoms with E-state index in [-0.39, 0.29) is 23.0 Å². The van der Waals surface area contributed by atoms with Crippen LogP contribution in [-0.2, 0) is 32.5 Å². The fraction of sp³-hybridized carbons (Fsp3) is 0.259. The molecule has 0 bridgehead atoms. The molecule has 1 aliphatic rings. The largest absolute Gasteiger partial charge is 0.445 e. The molecule has 3 aromatic carbocycles. The molecule has 0 saturated carbocycles. The van der Waals surface area contributed by atoms with E-state index in [1.807, 2.05) is 30.3 Å². The third-order valence-electron chi connectivity index (χ3n) is 5.92. The van der Waals surface area contributed by atoms with Crippen molar-refractivity contribution in [2.24, 2.45) is 5.92 Å². The summed E-state index contributed by atoms with van der Waals surface area (Å²) in [5.74, 6) is -0.823. The monoisotopic (exact) mass is 586 g/mol. The molecule has 1 saturated heterocycles. The van der Waals surface area contributed by atoms with E-state index in [1.54, 1.807) is 41.3 Å². The van der Waals surface area contributed by atoms with Crippen LogP contribution < -0.4 is 4.72 Å². The normalized spacial score (nSPS) is 16.0. The molecule has 0 spiro atoms.